The first-order valence-electron chi connectivity index (χ1n) is 7.68. The topological polar surface area (TPSA) is 64.5 Å². The summed E-state index contributed by atoms with van der Waals surface area (Å²) < 4.78 is 12.6. The average molecular weight is 323 g/mol. The Balaban J connectivity index is 1.43. The molecule has 0 fully saturated rings. The number of fused-ring (bicyclic) bond motifs is 2. The average Bonchev–Trinajstić information content (AvgIpc) is 3.18. The van der Waals surface area contributed by atoms with Crippen molar-refractivity contribution in [2.75, 3.05) is 12.1 Å². The molecule has 1 aliphatic rings. The highest BCUT2D eigenvalue weighted by molar-refractivity contribution is 6.01. The van der Waals surface area contributed by atoms with Gasteiger partial charge in [0, 0.05) is 30.7 Å². The number of carbonyl (C=O) groups is 1. The van der Waals surface area contributed by atoms with Gasteiger partial charge in [-0.05, 0) is 23.8 Å². The Bertz CT molecular complexity index is 917. The van der Waals surface area contributed by atoms with Gasteiger partial charge in [0.05, 0.1) is 5.69 Å². The van der Waals surface area contributed by atoms with Gasteiger partial charge in [-0.1, -0.05) is 24.3 Å². The van der Waals surface area contributed by atoms with Crippen LogP contribution >= 0.6 is 0 Å². The molecule has 2 heterocycles. The van der Waals surface area contributed by atoms with E-state index in [0.29, 0.717) is 12.3 Å². The lowest BCUT2D eigenvalue weighted by molar-refractivity contribution is 0.174. The molecule has 6 heteroatoms. The number of hydrogen-bond donors (Lipinski definition) is 2. The van der Waals surface area contributed by atoms with Gasteiger partial charge in [0.1, 0.15) is 0 Å². The van der Waals surface area contributed by atoms with Crippen LogP contribution < -0.4 is 20.1 Å². The molecule has 1 aromatic heterocycles. The van der Waals surface area contributed by atoms with Gasteiger partial charge in [-0.3, -0.25) is 0 Å². The third kappa shape index (κ3) is 2.62. The maximum absolute atomic E-state index is 12.2. The fourth-order valence-electron chi connectivity index (χ4n) is 2.84. The number of rotatable bonds is 3. The molecule has 2 aromatic carbocycles. The van der Waals surface area contributed by atoms with E-state index in [9.17, 15) is 4.79 Å². The number of nitrogens with zero attached hydrogens (tertiary/aromatic N) is 1. The molecule has 0 spiro atoms. The quantitative estimate of drug-likeness (QED) is 0.778. The van der Waals surface area contributed by atoms with Crippen LogP contribution in [-0.4, -0.2) is 17.4 Å². The van der Waals surface area contributed by atoms with E-state index in [1.54, 1.807) is 0 Å². The fourth-order valence-corrected chi connectivity index (χ4v) is 2.84. The molecule has 122 valence electrons. The van der Waals surface area contributed by atoms with Crippen molar-refractivity contribution in [3.05, 3.63) is 54.2 Å². The lowest BCUT2D eigenvalue weighted by atomic mass is 10.2. The van der Waals surface area contributed by atoms with Crippen molar-refractivity contribution in [3.63, 3.8) is 0 Å². The number of aromatic nitrogens is 1. The standard InChI is InChI=1S/C18H17N3O3/c1-21-10-14(13-4-2-3-5-15(13)21)20-18(22)19-9-12-6-7-16-17(8-12)24-11-23-16/h2-8,10H,9,11H2,1H3,(H2,19,20,22). The Morgan fingerprint density at radius 1 is 1.17 bits per heavy atom. The minimum absolute atomic E-state index is 0.244. The molecule has 0 unspecified atom stereocenters. The van der Waals surface area contributed by atoms with Crippen LogP contribution in [0.1, 0.15) is 5.56 Å². The van der Waals surface area contributed by atoms with Crippen molar-refractivity contribution in [2.24, 2.45) is 7.05 Å². The summed E-state index contributed by atoms with van der Waals surface area (Å²) in [4.78, 5) is 12.2. The minimum Gasteiger partial charge on any atom is -0.454 e. The van der Waals surface area contributed by atoms with Crippen LogP contribution in [0.2, 0.25) is 0 Å². The Kier molecular flexibility index (Phi) is 3.49. The first-order valence-corrected chi connectivity index (χ1v) is 7.68. The predicted molar refractivity (Wildman–Crippen MR) is 91.3 cm³/mol. The molecule has 6 nitrogen and oxygen atoms in total. The van der Waals surface area contributed by atoms with Crippen LogP contribution in [0, 0.1) is 0 Å². The van der Waals surface area contributed by atoms with Crippen molar-refractivity contribution in [1.82, 2.24) is 9.88 Å². The first-order chi connectivity index (χ1) is 11.7. The van der Waals surface area contributed by atoms with E-state index in [-0.39, 0.29) is 12.8 Å². The summed E-state index contributed by atoms with van der Waals surface area (Å²) in [5.41, 5.74) is 2.81. The van der Waals surface area contributed by atoms with Crippen molar-refractivity contribution in [3.8, 4) is 11.5 Å². The Morgan fingerprint density at radius 3 is 2.92 bits per heavy atom. The molecular weight excluding hydrogens is 306 g/mol. The van der Waals surface area contributed by atoms with E-state index >= 15 is 0 Å². The second-order valence-electron chi connectivity index (χ2n) is 5.67. The Labute approximate surface area is 139 Å². The molecule has 0 bridgehead atoms. The maximum atomic E-state index is 12.2. The number of benzene rings is 2. The van der Waals surface area contributed by atoms with E-state index in [0.717, 1.165) is 27.9 Å². The number of nitrogens with one attached hydrogen (secondary N) is 2. The third-order valence-corrected chi connectivity index (χ3v) is 4.04. The van der Waals surface area contributed by atoms with Gasteiger partial charge >= 0.3 is 6.03 Å². The zero-order valence-electron chi connectivity index (χ0n) is 13.2. The van der Waals surface area contributed by atoms with Crippen molar-refractivity contribution in [2.45, 2.75) is 6.54 Å². The summed E-state index contributed by atoms with van der Waals surface area (Å²) in [5.74, 6) is 1.45. The Morgan fingerprint density at radius 2 is 2.00 bits per heavy atom. The summed E-state index contributed by atoms with van der Waals surface area (Å²) in [6.07, 6.45) is 1.91. The number of para-hydroxylation sites is 1. The van der Waals surface area contributed by atoms with Crippen LogP contribution in [0.15, 0.2) is 48.7 Å². The van der Waals surface area contributed by atoms with E-state index in [1.807, 2.05) is 60.3 Å². The molecule has 0 atom stereocenters. The molecule has 1 aliphatic heterocycles. The highest BCUT2D eigenvalue weighted by Crippen LogP contribution is 2.32. The predicted octanol–water partition coefficient (Wildman–Crippen LogP) is 3.23. The molecule has 3 aromatic rings. The molecule has 0 saturated carbocycles. The number of ether oxygens (including phenoxy) is 2. The monoisotopic (exact) mass is 323 g/mol. The van der Waals surface area contributed by atoms with Crippen molar-refractivity contribution >= 4 is 22.6 Å². The number of anilines is 1. The van der Waals surface area contributed by atoms with Crippen LogP contribution in [0.25, 0.3) is 10.9 Å². The number of aryl methyl sites for hydroxylation is 1. The number of hydrogen-bond acceptors (Lipinski definition) is 3. The van der Waals surface area contributed by atoms with Gasteiger partial charge in [-0.15, -0.1) is 0 Å². The molecule has 4 rings (SSSR count). The molecular formula is C18H17N3O3. The molecule has 2 N–H and O–H groups in total. The molecule has 2 amide bonds. The zero-order chi connectivity index (χ0) is 16.5. The highest BCUT2D eigenvalue weighted by atomic mass is 16.7. The molecule has 0 aliphatic carbocycles. The van der Waals surface area contributed by atoms with E-state index < -0.39 is 0 Å². The van der Waals surface area contributed by atoms with Crippen molar-refractivity contribution in [1.29, 1.82) is 0 Å². The van der Waals surface area contributed by atoms with E-state index in [4.69, 9.17) is 9.47 Å². The lowest BCUT2D eigenvalue weighted by Crippen LogP contribution is -2.28. The normalized spacial score (nSPS) is 12.4. The fraction of sp³-hybridized carbons (Fsp3) is 0.167. The lowest BCUT2D eigenvalue weighted by Gasteiger charge is -2.07. The van der Waals surface area contributed by atoms with Crippen LogP contribution in [0.3, 0.4) is 0 Å². The maximum Gasteiger partial charge on any atom is 0.319 e. The summed E-state index contributed by atoms with van der Waals surface area (Å²) in [6, 6.07) is 13.3. The summed E-state index contributed by atoms with van der Waals surface area (Å²) in [7, 11) is 1.96. The van der Waals surface area contributed by atoms with Gasteiger partial charge in [-0.25, -0.2) is 4.79 Å². The molecule has 0 radical (unpaired) electrons. The third-order valence-electron chi connectivity index (χ3n) is 4.04. The van der Waals surface area contributed by atoms with E-state index in [1.165, 1.54) is 0 Å². The Hall–Kier alpha value is -3.15. The smallest absolute Gasteiger partial charge is 0.319 e. The van der Waals surface area contributed by atoms with Crippen LogP contribution in [0.5, 0.6) is 11.5 Å². The van der Waals surface area contributed by atoms with Crippen molar-refractivity contribution < 1.29 is 14.3 Å². The second-order valence-corrected chi connectivity index (χ2v) is 5.67. The number of amides is 2. The summed E-state index contributed by atoms with van der Waals surface area (Å²) in [5, 5.41) is 6.77. The van der Waals surface area contributed by atoms with Gasteiger partial charge in [0.15, 0.2) is 11.5 Å². The SMILES string of the molecule is Cn1cc(NC(=O)NCc2ccc3c(c2)OCO3)c2ccccc21. The minimum atomic E-state index is -0.246. The largest absolute Gasteiger partial charge is 0.454 e. The van der Waals surface area contributed by atoms with Gasteiger partial charge in [-0.2, -0.15) is 0 Å². The number of carbonyl (C=O) groups excluding carboxylic acids is 1. The summed E-state index contributed by atoms with van der Waals surface area (Å²) >= 11 is 0. The van der Waals surface area contributed by atoms with Gasteiger partial charge < -0.3 is 24.7 Å². The van der Waals surface area contributed by atoms with Gasteiger partial charge in [0.2, 0.25) is 6.79 Å². The highest BCUT2D eigenvalue weighted by Gasteiger charge is 2.14. The number of urea groups is 1. The molecule has 24 heavy (non-hydrogen) atoms. The zero-order valence-corrected chi connectivity index (χ0v) is 13.2. The van der Waals surface area contributed by atoms with Gasteiger partial charge in [0.25, 0.3) is 0 Å². The molecule has 0 saturated heterocycles. The first kappa shape index (κ1) is 14.4. The van der Waals surface area contributed by atoms with Crippen LogP contribution in [0.4, 0.5) is 10.5 Å². The van der Waals surface area contributed by atoms with E-state index in [2.05, 4.69) is 10.6 Å². The second kappa shape index (κ2) is 5.81. The van der Waals surface area contributed by atoms with Crippen LogP contribution in [-0.2, 0) is 13.6 Å². The summed E-state index contributed by atoms with van der Waals surface area (Å²) in [6.45, 7) is 0.654.